The molecule has 38 heavy (non-hydrogen) atoms. The Bertz CT molecular complexity index is 1310. The number of likely N-dealkylation sites (tertiary alicyclic amines) is 1. The normalized spacial score (nSPS) is 15.0. The molecule has 198 valence electrons. The van der Waals surface area contributed by atoms with E-state index in [-0.39, 0.29) is 5.91 Å². The lowest BCUT2D eigenvalue weighted by Crippen LogP contribution is -2.36. The molecule has 0 bridgehead atoms. The van der Waals surface area contributed by atoms with E-state index in [4.69, 9.17) is 14.5 Å². The van der Waals surface area contributed by atoms with Gasteiger partial charge in [-0.05, 0) is 49.7 Å². The number of thiazole rings is 1. The molecule has 4 rings (SSSR count). The van der Waals surface area contributed by atoms with Gasteiger partial charge in [0.05, 0.1) is 18.5 Å². The number of carbonyl (C=O) groups excluding carboxylic acids is 1. The van der Waals surface area contributed by atoms with Crippen molar-refractivity contribution in [2.24, 2.45) is 0 Å². The number of anilines is 1. The zero-order valence-electron chi connectivity index (χ0n) is 21.7. The van der Waals surface area contributed by atoms with Gasteiger partial charge in [0, 0.05) is 48.5 Å². The van der Waals surface area contributed by atoms with Crippen LogP contribution in [0.5, 0.6) is 11.6 Å². The van der Waals surface area contributed by atoms with Crippen LogP contribution in [0.2, 0.25) is 0 Å². The van der Waals surface area contributed by atoms with Gasteiger partial charge in [0.1, 0.15) is 11.5 Å². The van der Waals surface area contributed by atoms with E-state index in [0.29, 0.717) is 28.5 Å². The first-order chi connectivity index (χ1) is 18.4. The molecule has 1 aliphatic rings. The number of para-hydroxylation sites is 1. The van der Waals surface area contributed by atoms with Gasteiger partial charge < -0.3 is 19.7 Å². The van der Waals surface area contributed by atoms with Gasteiger partial charge in [-0.25, -0.2) is 9.97 Å². The van der Waals surface area contributed by atoms with Crippen LogP contribution in [0, 0.1) is 0 Å². The molecule has 0 aliphatic carbocycles. The van der Waals surface area contributed by atoms with E-state index in [1.54, 1.807) is 43.7 Å². The Morgan fingerprint density at radius 3 is 2.63 bits per heavy atom. The molecular formula is C28H31N5O3S2. The average molecular weight is 550 g/mol. The van der Waals surface area contributed by atoms with E-state index >= 15 is 0 Å². The molecule has 1 fully saturated rings. The highest BCUT2D eigenvalue weighted by atomic mass is 32.2. The van der Waals surface area contributed by atoms with Gasteiger partial charge in [-0.15, -0.1) is 11.3 Å². The van der Waals surface area contributed by atoms with E-state index in [1.807, 2.05) is 48.2 Å². The zero-order chi connectivity index (χ0) is 26.9. The number of allylic oxidation sites excluding steroid dienone is 3. The number of rotatable bonds is 10. The number of ether oxygens (including phenoxy) is 2. The summed E-state index contributed by atoms with van der Waals surface area (Å²) in [6.45, 7) is 9.10. The summed E-state index contributed by atoms with van der Waals surface area (Å²) in [5.41, 5.74) is 1.86. The number of carbonyl (C=O) groups is 1. The highest BCUT2D eigenvalue weighted by Gasteiger charge is 2.24. The molecule has 3 aromatic rings. The molecule has 0 spiro atoms. The van der Waals surface area contributed by atoms with Crippen LogP contribution in [0.15, 0.2) is 88.2 Å². The lowest BCUT2D eigenvalue weighted by atomic mass is 9.94. The van der Waals surface area contributed by atoms with Crippen molar-refractivity contribution < 1.29 is 14.3 Å². The first kappa shape index (κ1) is 27.4. The lowest BCUT2D eigenvalue weighted by molar-refractivity contribution is -0.129. The number of nitrogens with one attached hydrogen (secondary N) is 1. The predicted octanol–water partition coefficient (Wildman–Crippen LogP) is 6.25. The zero-order valence-corrected chi connectivity index (χ0v) is 23.3. The Hall–Kier alpha value is -3.63. The maximum atomic E-state index is 11.7. The molecule has 1 aliphatic heterocycles. The highest BCUT2D eigenvalue weighted by molar-refractivity contribution is 8.03. The van der Waals surface area contributed by atoms with E-state index in [2.05, 4.69) is 27.2 Å². The fourth-order valence-corrected chi connectivity index (χ4v) is 5.48. The van der Waals surface area contributed by atoms with E-state index in [9.17, 15) is 4.79 Å². The molecule has 0 radical (unpaired) electrons. The summed E-state index contributed by atoms with van der Waals surface area (Å²) >= 11 is 2.93. The number of hydrogen-bond acceptors (Lipinski definition) is 9. The van der Waals surface area contributed by atoms with Crippen molar-refractivity contribution in [1.82, 2.24) is 19.9 Å². The van der Waals surface area contributed by atoms with Gasteiger partial charge in [-0.1, -0.05) is 30.9 Å². The van der Waals surface area contributed by atoms with Crippen molar-refractivity contribution in [2.45, 2.75) is 37.8 Å². The van der Waals surface area contributed by atoms with E-state index in [1.165, 1.54) is 11.8 Å². The van der Waals surface area contributed by atoms with Crippen LogP contribution in [0.3, 0.4) is 0 Å². The molecule has 1 amide bonds. The van der Waals surface area contributed by atoms with Crippen molar-refractivity contribution in [1.29, 1.82) is 0 Å². The molecule has 2 aromatic heterocycles. The van der Waals surface area contributed by atoms with E-state index in [0.717, 1.165) is 47.4 Å². The molecule has 1 aromatic carbocycles. The van der Waals surface area contributed by atoms with Crippen LogP contribution >= 0.6 is 23.1 Å². The molecular weight excluding hydrogens is 518 g/mol. The van der Waals surface area contributed by atoms with Gasteiger partial charge >= 0.3 is 0 Å². The van der Waals surface area contributed by atoms with Crippen LogP contribution < -0.4 is 14.8 Å². The minimum absolute atomic E-state index is 0.138. The first-order valence-electron chi connectivity index (χ1n) is 12.3. The number of aromatic nitrogens is 3. The number of amides is 1. The van der Waals surface area contributed by atoms with Crippen LogP contribution in [0.4, 0.5) is 5.13 Å². The third-order valence-electron chi connectivity index (χ3n) is 6.02. The molecule has 0 unspecified atom stereocenters. The van der Waals surface area contributed by atoms with Crippen molar-refractivity contribution in [3.8, 4) is 11.6 Å². The van der Waals surface area contributed by atoms with Crippen molar-refractivity contribution in [3.05, 3.63) is 88.8 Å². The number of hydrogen-bond donors (Lipinski definition) is 1. The molecule has 0 atom stereocenters. The fraction of sp³-hybridized carbons (Fsp3) is 0.286. The summed E-state index contributed by atoms with van der Waals surface area (Å²) in [6, 6.07) is 11.3. The van der Waals surface area contributed by atoms with Crippen LogP contribution in [-0.4, -0.2) is 46.0 Å². The SMILES string of the molecule is C=C/C(=C\C(Oc1ccccc1)=C(/C)Nc1nc(C2CCN(C(C)=O)CC2)cs1)Sc1nccc(OC)n1. The van der Waals surface area contributed by atoms with Gasteiger partial charge in [-0.2, -0.15) is 4.98 Å². The molecule has 10 heteroatoms. The monoisotopic (exact) mass is 549 g/mol. The summed E-state index contributed by atoms with van der Waals surface area (Å²) < 4.78 is 11.5. The highest BCUT2D eigenvalue weighted by Crippen LogP contribution is 2.32. The minimum Gasteiger partial charge on any atom is -0.481 e. The number of methoxy groups -OCH3 is 1. The van der Waals surface area contributed by atoms with Crippen LogP contribution in [0.25, 0.3) is 0 Å². The quantitative estimate of drug-likeness (QED) is 0.137. The standard InChI is InChI=1S/C28H31N5O3S2/c1-5-23(38-27-29-14-11-26(32-27)35-4)17-25(36-22-9-7-6-8-10-22)19(2)30-28-31-24(18-37-28)21-12-15-33(16-13-21)20(3)34/h5-11,14,17-18,21H,1,12-13,15-16H2,2-4H3,(H,30,31)/b23-17+,25-19-. The topological polar surface area (TPSA) is 89.5 Å². The van der Waals surface area contributed by atoms with Gasteiger partial charge in [-0.3, -0.25) is 4.79 Å². The third kappa shape index (κ3) is 7.45. The second-order valence-electron chi connectivity index (χ2n) is 8.62. The summed E-state index contributed by atoms with van der Waals surface area (Å²) in [6.07, 6.45) is 7.15. The molecule has 1 saturated heterocycles. The largest absolute Gasteiger partial charge is 0.481 e. The predicted molar refractivity (Wildman–Crippen MR) is 152 cm³/mol. The Labute approximate surface area is 231 Å². The average Bonchev–Trinajstić information content (AvgIpc) is 3.41. The van der Waals surface area contributed by atoms with Crippen LogP contribution in [-0.2, 0) is 4.79 Å². The number of piperidine rings is 1. The minimum atomic E-state index is 0.138. The second-order valence-corrected chi connectivity index (χ2v) is 10.5. The number of thioether (sulfide) groups is 1. The molecule has 8 nitrogen and oxygen atoms in total. The van der Waals surface area contributed by atoms with E-state index < -0.39 is 0 Å². The molecule has 1 N–H and O–H groups in total. The van der Waals surface area contributed by atoms with Gasteiger partial charge in [0.15, 0.2) is 10.3 Å². The van der Waals surface area contributed by atoms with Crippen molar-refractivity contribution >= 4 is 34.1 Å². The Morgan fingerprint density at radius 2 is 1.95 bits per heavy atom. The maximum absolute atomic E-state index is 11.7. The summed E-state index contributed by atoms with van der Waals surface area (Å²) in [7, 11) is 1.57. The van der Waals surface area contributed by atoms with Crippen molar-refractivity contribution in [3.63, 3.8) is 0 Å². The number of benzene rings is 1. The van der Waals surface area contributed by atoms with Gasteiger partial charge in [0.2, 0.25) is 11.8 Å². The summed E-state index contributed by atoms with van der Waals surface area (Å²) in [5.74, 6) is 2.31. The van der Waals surface area contributed by atoms with Gasteiger partial charge in [0.25, 0.3) is 0 Å². The van der Waals surface area contributed by atoms with Crippen molar-refractivity contribution in [2.75, 3.05) is 25.5 Å². The lowest BCUT2D eigenvalue weighted by Gasteiger charge is -2.30. The maximum Gasteiger partial charge on any atom is 0.219 e. The fourth-order valence-electron chi connectivity index (χ4n) is 3.93. The number of nitrogens with zero attached hydrogens (tertiary/aromatic N) is 4. The third-order valence-corrected chi connectivity index (χ3v) is 7.69. The second kappa shape index (κ2) is 13.3. The first-order valence-corrected chi connectivity index (χ1v) is 14.0. The Balaban J connectivity index is 1.55. The molecule has 0 saturated carbocycles. The summed E-state index contributed by atoms with van der Waals surface area (Å²) in [5, 5.41) is 6.85. The van der Waals surface area contributed by atoms with Crippen LogP contribution in [0.1, 0.15) is 38.3 Å². The Kier molecular flexibility index (Phi) is 9.56. The Morgan fingerprint density at radius 1 is 1.18 bits per heavy atom. The summed E-state index contributed by atoms with van der Waals surface area (Å²) in [4.78, 5) is 27.9. The smallest absolute Gasteiger partial charge is 0.219 e. The molecule has 3 heterocycles.